The molecule has 1 aromatic carbocycles. The number of ether oxygens (including phenoxy) is 1. The number of anilines is 1. The number of halogens is 8. The second-order valence-electron chi connectivity index (χ2n) is 5.95. The number of nitrogens with zero attached hydrogens (tertiary/aromatic N) is 3. The maximum Gasteiger partial charge on any atom is 0.392 e. The lowest BCUT2D eigenvalue weighted by atomic mass is 10.1. The summed E-state index contributed by atoms with van der Waals surface area (Å²) in [6, 6.07) is 6.00. The molecule has 15 heteroatoms. The molecule has 3 rings (SSSR count). The van der Waals surface area contributed by atoms with E-state index < -0.39 is 47.6 Å². The normalized spacial score (nSPS) is 13.1. The van der Waals surface area contributed by atoms with Gasteiger partial charge in [0.05, 0.1) is 7.11 Å². The van der Waals surface area contributed by atoms with Gasteiger partial charge < -0.3 is 19.3 Å². The van der Waals surface area contributed by atoms with Crippen LogP contribution < -0.4 is 10.5 Å². The monoisotopic (exact) mass is 458 g/mol. The van der Waals surface area contributed by atoms with Gasteiger partial charge in [0.15, 0.2) is 5.69 Å². The van der Waals surface area contributed by atoms with E-state index in [0.29, 0.717) is 11.3 Å². The van der Waals surface area contributed by atoms with Crippen molar-refractivity contribution in [1.82, 2.24) is 15.2 Å². The molecule has 0 aliphatic heterocycles. The van der Waals surface area contributed by atoms with E-state index in [1.54, 1.807) is 0 Å². The predicted molar refractivity (Wildman–Crippen MR) is 86.0 cm³/mol. The van der Waals surface area contributed by atoms with Crippen LogP contribution in [0.2, 0.25) is 0 Å². The molecule has 2 heterocycles. The highest BCUT2D eigenvalue weighted by molar-refractivity contribution is 5.66. The number of hydrogen-bond acceptors (Lipinski definition) is 7. The van der Waals surface area contributed by atoms with Gasteiger partial charge in [-0.05, 0) is 24.3 Å². The van der Waals surface area contributed by atoms with Gasteiger partial charge in [-0.1, -0.05) is 0 Å². The SMILES string of the molecule is COc1ccc(-c2nc(-c3nnc(C(F)(F)C(F)(F)C(F)(F)C(F)F)o3)c(N)o2)cc1. The molecule has 0 aliphatic rings. The van der Waals surface area contributed by atoms with Crippen LogP contribution in [0.15, 0.2) is 33.1 Å². The van der Waals surface area contributed by atoms with Crippen molar-refractivity contribution >= 4 is 5.88 Å². The summed E-state index contributed by atoms with van der Waals surface area (Å²) in [7, 11) is 1.42. The van der Waals surface area contributed by atoms with Crippen LogP contribution in [0.1, 0.15) is 5.89 Å². The Morgan fingerprint density at radius 2 is 1.55 bits per heavy atom. The number of rotatable bonds is 7. The van der Waals surface area contributed by atoms with Crippen LogP contribution in [0.25, 0.3) is 23.0 Å². The van der Waals surface area contributed by atoms with Crippen molar-refractivity contribution in [3.63, 3.8) is 0 Å². The summed E-state index contributed by atoms with van der Waals surface area (Å²) in [5, 5.41) is 5.57. The highest BCUT2D eigenvalue weighted by atomic mass is 19.4. The smallest absolute Gasteiger partial charge is 0.392 e. The molecule has 0 radical (unpaired) electrons. The van der Waals surface area contributed by atoms with Crippen LogP contribution in [0.4, 0.5) is 41.0 Å². The van der Waals surface area contributed by atoms with E-state index in [-0.39, 0.29) is 5.89 Å². The number of nitrogens with two attached hydrogens (primary N) is 1. The van der Waals surface area contributed by atoms with Crippen LogP contribution >= 0.6 is 0 Å². The van der Waals surface area contributed by atoms with Gasteiger partial charge in [-0.2, -0.15) is 26.3 Å². The molecule has 0 atom stereocenters. The molecule has 0 aliphatic carbocycles. The van der Waals surface area contributed by atoms with E-state index in [9.17, 15) is 35.1 Å². The second kappa shape index (κ2) is 7.39. The van der Waals surface area contributed by atoms with Crippen molar-refractivity contribution in [3.8, 4) is 28.8 Å². The number of nitrogen functional groups attached to an aromatic ring is 1. The fraction of sp³-hybridized carbons (Fsp3) is 0.312. The minimum Gasteiger partial charge on any atom is -0.497 e. The fourth-order valence-electron chi connectivity index (χ4n) is 2.27. The van der Waals surface area contributed by atoms with E-state index in [1.807, 2.05) is 0 Å². The van der Waals surface area contributed by atoms with Crippen LogP contribution in [0.3, 0.4) is 0 Å². The molecule has 2 aromatic heterocycles. The Morgan fingerprint density at radius 1 is 0.935 bits per heavy atom. The summed E-state index contributed by atoms with van der Waals surface area (Å²) < 4.78 is 120. The van der Waals surface area contributed by atoms with Crippen molar-refractivity contribution in [2.24, 2.45) is 0 Å². The van der Waals surface area contributed by atoms with Crippen molar-refractivity contribution in [2.45, 2.75) is 24.2 Å². The van der Waals surface area contributed by atoms with E-state index >= 15 is 0 Å². The summed E-state index contributed by atoms with van der Waals surface area (Å²) in [4.78, 5) is 3.81. The van der Waals surface area contributed by atoms with Gasteiger partial charge in [-0.3, -0.25) is 0 Å². The Labute approximate surface area is 166 Å². The Bertz CT molecular complexity index is 1070. The fourth-order valence-corrected chi connectivity index (χ4v) is 2.27. The van der Waals surface area contributed by atoms with E-state index in [4.69, 9.17) is 14.9 Å². The molecule has 0 bridgehead atoms. The first-order valence-corrected chi connectivity index (χ1v) is 7.99. The number of hydrogen-bond donors (Lipinski definition) is 1. The maximum absolute atomic E-state index is 13.9. The molecule has 0 amide bonds. The van der Waals surface area contributed by atoms with Crippen molar-refractivity contribution in [1.29, 1.82) is 0 Å². The molecule has 7 nitrogen and oxygen atoms in total. The highest BCUT2D eigenvalue weighted by Gasteiger charge is 2.78. The first kappa shape index (κ1) is 22.3. The zero-order chi connectivity index (χ0) is 23.2. The molecule has 168 valence electrons. The molecule has 0 saturated carbocycles. The summed E-state index contributed by atoms with van der Waals surface area (Å²) in [5.41, 5.74) is 5.30. The standard InChI is InChI=1S/C16H10F8N4O3/c1-29-7-4-2-6(3-5-7)10-26-8(9(25)30-10)11-27-28-13(31-11)15(21,22)16(23,24)14(19,20)12(17)18/h2-5,12H,25H2,1H3. The first-order valence-electron chi connectivity index (χ1n) is 7.99. The van der Waals surface area contributed by atoms with Crippen LogP contribution in [0, 0.1) is 0 Å². The first-order chi connectivity index (χ1) is 14.3. The molecule has 0 spiro atoms. The zero-order valence-corrected chi connectivity index (χ0v) is 15.1. The van der Waals surface area contributed by atoms with Crippen molar-refractivity contribution < 1.29 is 48.7 Å². The Hall–Kier alpha value is -3.39. The van der Waals surface area contributed by atoms with Crippen LogP contribution in [-0.2, 0) is 5.92 Å². The zero-order valence-electron chi connectivity index (χ0n) is 15.1. The molecule has 2 N–H and O–H groups in total. The van der Waals surface area contributed by atoms with Gasteiger partial charge in [0, 0.05) is 5.56 Å². The molecule has 31 heavy (non-hydrogen) atoms. The number of methoxy groups -OCH3 is 1. The van der Waals surface area contributed by atoms with Crippen LogP contribution in [0.5, 0.6) is 5.75 Å². The number of oxazole rings is 1. The molecule has 0 saturated heterocycles. The highest BCUT2D eigenvalue weighted by Crippen LogP contribution is 2.53. The average Bonchev–Trinajstić information content (AvgIpc) is 3.34. The minimum absolute atomic E-state index is 0.170. The van der Waals surface area contributed by atoms with Gasteiger partial charge in [0.1, 0.15) is 5.75 Å². The van der Waals surface area contributed by atoms with Gasteiger partial charge in [0.25, 0.3) is 11.8 Å². The topological polar surface area (TPSA) is 100 Å². The molecule has 0 unspecified atom stereocenters. The number of aromatic nitrogens is 3. The number of alkyl halides is 8. The van der Waals surface area contributed by atoms with Crippen molar-refractivity contribution in [2.75, 3.05) is 12.8 Å². The predicted octanol–water partition coefficient (Wildman–Crippen LogP) is 4.61. The Balaban J connectivity index is 1.96. The average molecular weight is 458 g/mol. The summed E-state index contributed by atoms with van der Waals surface area (Å²) >= 11 is 0. The lowest BCUT2D eigenvalue weighted by Crippen LogP contribution is -2.56. The third kappa shape index (κ3) is 3.53. The maximum atomic E-state index is 13.9. The summed E-state index contributed by atoms with van der Waals surface area (Å²) in [5.74, 6) is -22.5. The van der Waals surface area contributed by atoms with Crippen molar-refractivity contribution in [3.05, 3.63) is 30.2 Å². The summed E-state index contributed by atoms with van der Waals surface area (Å²) in [6.07, 6.45) is -5.09. The molecule has 0 fully saturated rings. The van der Waals surface area contributed by atoms with Crippen LogP contribution in [-0.4, -0.2) is 40.6 Å². The van der Waals surface area contributed by atoms with E-state index in [2.05, 4.69) is 19.6 Å². The largest absolute Gasteiger partial charge is 0.497 e. The summed E-state index contributed by atoms with van der Waals surface area (Å²) in [6.45, 7) is 0. The second-order valence-corrected chi connectivity index (χ2v) is 5.95. The third-order valence-corrected chi connectivity index (χ3v) is 3.97. The van der Waals surface area contributed by atoms with Gasteiger partial charge in [-0.15, -0.1) is 10.2 Å². The molecular weight excluding hydrogens is 448 g/mol. The molecular formula is C16H10F8N4O3. The van der Waals surface area contributed by atoms with Gasteiger partial charge in [-0.25, -0.2) is 13.8 Å². The van der Waals surface area contributed by atoms with E-state index in [0.717, 1.165) is 0 Å². The Morgan fingerprint density at radius 3 is 2.10 bits per heavy atom. The van der Waals surface area contributed by atoms with Gasteiger partial charge >= 0.3 is 24.2 Å². The minimum atomic E-state index is -6.55. The molecule has 3 aromatic rings. The van der Waals surface area contributed by atoms with E-state index in [1.165, 1.54) is 31.4 Å². The Kier molecular flexibility index (Phi) is 5.31. The third-order valence-electron chi connectivity index (χ3n) is 3.97. The lowest BCUT2D eigenvalue weighted by Gasteiger charge is -2.29. The lowest BCUT2D eigenvalue weighted by molar-refractivity contribution is -0.348. The quantitative estimate of drug-likeness (QED) is 0.516. The van der Waals surface area contributed by atoms with Gasteiger partial charge in [0.2, 0.25) is 11.8 Å². The number of benzene rings is 1.